The molecule has 0 fully saturated rings. The van der Waals surface area contributed by atoms with E-state index in [9.17, 15) is 4.79 Å². The zero-order valence-corrected chi connectivity index (χ0v) is 12.6. The summed E-state index contributed by atoms with van der Waals surface area (Å²) in [4.78, 5) is 16.0. The lowest BCUT2D eigenvalue weighted by Crippen LogP contribution is -1.89. The molecule has 1 aromatic carbocycles. The smallest absolute Gasteiger partial charge is 0.244 e. The summed E-state index contributed by atoms with van der Waals surface area (Å²) >= 11 is 14.8. The van der Waals surface area contributed by atoms with Gasteiger partial charge in [-0.15, -0.1) is 0 Å². The van der Waals surface area contributed by atoms with Crippen LogP contribution >= 0.6 is 46.7 Å². The number of aliphatic imine (C=N–C) groups is 1. The van der Waals surface area contributed by atoms with Crippen molar-refractivity contribution in [2.45, 2.75) is 6.92 Å². The standard InChI is InChI=1S/C12H9Cl2NOS2/c1-2-17-12-15-10(11(16)18-12)6-7-8(13)4-3-5-9(7)14/h3-6H,2H2,1H3. The molecule has 0 unspecified atom stereocenters. The van der Waals surface area contributed by atoms with Gasteiger partial charge < -0.3 is 0 Å². The predicted octanol–water partition coefficient (Wildman–Crippen LogP) is 4.72. The molecule has 1 aliphatic rings. The number of carbonyl (C=O) groups excluding carboxylic acids is 1. The van der Waals surface area contributed by atoms with Crippen LogP contribution in [-0.2, 0) is 4.79 Å². The number of thioether (sulfide) groups is 2. The Kier molecular flexibility index (Phi) is 4.78. The van der Waals surface area contributed by atoms with Crippen LogP contribution in [0.3, 0.4) is 0 Å². The summed E-state index contributed by atoms with van der Waals surface area (Å²) in [7, 11) is 0. The van der Waals surface area contributed by atoms with Gasteiger partial charge in [-0.2, -0.15) is 0 Å². The molecule has 0 aromatic heterocycles. The molecule has 0 aliphatic carbocycles. The Labute approximate surface area is 124 Å². The molecule has 0 radical (unpaired) electrons. The van der Waals surface area contributed by atoms with Crippen molar-refractivity contribution in [3.63, 3.8) is 0 Å². The molecule has 0 saturated heterocycles. The first-order valence-electron chi connectivity index (χ1n) is 5.21. The molecule has 0 N–H and O–H groups in total. The Morgan fingerprint density at radius 1 is 1.39 bits per heavy atom. The number of hydrogen-bond donors (Lipinski definition) is 0. The Hall–Kier alpha value is -0.420. The van der Waals surface area contributed by atoms with Crippen molar-refractivity contribution >= 4 is 62.3 Å². The van der Waals surface area contributed by atoms with Crippen LogP contribution in [0.4, 0.5) is 0 Å². The average molecular weight is 318 g/mol. The maximum absolute atomic E-state index is 11.8. The number of rotatable bonds is 2. The third-order valence-corrected chi connectivity index (χ3v) is 4.70. The number of hydrogen-bond acceptors (Lipinski definition) is 4. The van der Waals surface area contributed by atoms with Gasteiger partial charge in [-0.3, -0.25) is 4.79 Å². The number of nitrogens with zero attached hydrogens (tertiary/aromatic N) is 1. The second kappa shape index (κ2) is 6.15. The molecule has 1 aliphatic heterocycles. The molecule has 0 atom stereocenters. The van der Waals surface area contributed by atoms with Crippen LogP contribution in [0.15, 0.2) is 28.9 Å². The maximum atomic E-state index is 11.8. The van der Waals surface area contributed by atoms with Crippen molar-refractivity contribution in [3.05, 3.63) is 39.5 Å². The minimum absolute atomic E-state index is 0.0677. The molecule has 0 amide bonds. The van der Waals surface area contributed by atoms with Gasteiger partial charge in [0.2, 0.25) is 5.12 Å². The SMILES string of the molecule is CCSC1=NC(=Cc2c(Cl)cccc2Cl)C(=O)S1. The van der Waals surface area contributed by atoms with Gasteiger partial charge in [0.15, 0.2) is 0 Å². The second-order valence-electron chi connectivity index (χ2n) is 3.37. The first-order valence-corrected chi connectivity index (χ1v) is 7.77. The van der Waals surface area contributed by atoms with Crippen LogP contribution < -0.4 is 0 Å². The van der Waals surface area contributed by atoms with Gasteiger partial charge in [0.05, 0.1) is 0 Å². The Balaban J connectivity index is 2.36. The average Bonchev–Trinajstić information content (AvgIpc) is 2.65. The minimum atomic E-state index is -0.0677. The van der Waals surface area contributed by atoms with Crippen LogP contribution in [0.2, 0.25) is 10.0 Å². The van der Waals surface area contributed by atoms with E-state index in [4.69, 9.17) is 23.2 Å². The van der Waals surface area contributed by atoms with Gasteiger partial charge in [0.1, 0.15) is 10.1 Å². The number of carbonyl (C=O) groups is 1. The third-order valence-electron chi connectivity index (χ3n) is 2.15. The zero-order valence-electron chi connectivity index (χ0n) is 9.44. The molecule has 6 heteroatoms. The fraction of sp³-hybridized carbons (Fsp3) is 0.167. The molecule has 94 valence electrons. The van der Waals surface area contributed by atoms with Crippen LogP contribution in [-0.4, -0.2) is 15.2 Å². The lowest BCUT2D eigenvalue weighted by molar-refractivity contribution is -0.107. The van der Waals surface area contributed by atoms with Crippen molar-refractivity contribution in [1.29, 1.82) is 0 Å². The molecule has 2 nitrogen and oxygen atoms in total. The molecule has 0 saturated carbocycles. The fourth-order valence-corrected chi connectivity index (χ4v) is 3.60. The molecule has 0 bridgehead atoms. The molecular weight excluding hydrogens is 309 g/mol. The Morgan fingerprint density at radius 2 is 2.06 bits per heavy atom. The topological polar surface area (TPSA) is 29.4 Å². The fourth-order valence-electron chi connectivity index (χ4n) is 1.36. The summed E-state index contributed by atoms with van der Waals surface area (Å²) < 4.78 is 0.775. The first kappa shape index (κ1) is 14.0. The summed E-state index contributed by atoms with van der Waals surface area (Å²) in [5.74, 6) is 0.888. The second-order valence-corrected chi connectivity index (χ2v) is 6.65. The molecule has 1 heterocycles. The van der Waals surface area contributed by atoms with Gasteiger partial charge in [-0.25, -0.2) is 4.99 Å². The van der Waals surface area contributed by atoms with Crippen LogP contribution in [0.25, 0.3) is 6.08 Å². The lowest BCUT2D eigenvalue weighted by atomic mass is 10.2. The monoisotopic (exact) mass is 317 g/mol. The summed E-state index contributed by atoms with van der Waals surface area (Å²) in [6, 6.07) is 5.23. The van der Waals surface area contributed by atoms with E-state index in [0.717, 1.165) is 21.9 Å². The van der Waals surface area contributed by atoms with Gasteiger partial charge in [0.25, 0.3) is 0 Å². The Bertz CT molecular complexity index is 535. The van der Waals surface area contributed by atoms with Crippen molar-refractivity contribution in [1.82, 2.24) is 0 Å². The first-order chi connectivity index (χ1) is 8.61. The van der Waals surface area contributed by atoms with Crippen molar-refractivity contribution in [2.24, 2.45) is 4.99 Å². The van der Waals surface area contributed by atoms with Crippen molar-refractivity contribution in [3.8, 4) is 0 Å². The predicted molar refractivity (Wildman–Crippen MR) is 82.6 cm³/mol. The van der Waals surface area contributed by atoms with E-state index in [-0.39, 0.29) is 5.12 Å². The van der Waals surface area contributed by atoms with Gasteiger partial charge in [-0.05, 0) is 35.7 Å². The van der Waals surface area contributed by atoms with Crippen LogP contribution in [0.5, 0.6) is 0 Å². The van der Waals surface area contributed by atoms with E-state index in [0.29, 0.717) is 21.3 Å². The quantitative estimate of drug-likeness (QED) is 0.739. The van der Waals surface area contributed by atoms with Crippen LogP contribution in [0.1, 0.15) is 12.5 Å². The van der Waals surface area contributed by atoms with Gasteiger partial charge in [-0.1, -0.05) is 48.0 Å². The molecule has 1 aromatic rings. The highest BCUT2D eigenvalue weighted by molar-refractivity contribution is 8.45. The van der Waals surface area contributed by atoms with E-state index in [1.807, 2.05) is 6.92 Å². The van der Waals surface area contributed by atoms with Gasteiger partial charge in [0, 0.05) is 15.6 Å². The summed E-state index contributed by atoms with van der Waals surface area (Å²) in [6.07, 6.45) is 1.64. The Morgan fingerprint density at radius 3 is 2.67 bits per heavy atom. The zero-order chi connectivity index (χ0) is 13.1. The summed E-state index contributed by atoms with van der Waals surface area (Å²) in [6.45, 7) is 2.02. The number of benzene rings is 1. The van der Waals surface area contributed by atoms with Crippen molar-refractivity contribution < 1.29 is 4.79 Å². The van der Waals surface area contributed by atoms with E-state index in [1.165, 1.54) is 0 Å². The highest BCUT2D eigenvalue weighted by Crippen LogP contribution is 2.33. The minimum Gasteiger partial charge on any atom is -0.279 e. The molecular formula is C12H9Cl2NOS2. The number of halogens is 2. The van der Waals surface area contributed by atoms with E-state index >= 15 is 0 Å². The summed E-state index contributed by atoms with van der Waals surface area (Å²) in [5.41, 5.74) is 1.03. The molecule has 18 heavy (non-hydrogen) atoms. The van der Waals surface area contributed by atoms with E-state index in [2.05, 4.69) is 4.99 Å². The van der Waals surface area contributed by atoms with E-state index < -0.39 is 0 Å². The lowest BCUT2D eigenvalue weighted by Gasteiger charge is -2.01. The molecule has 2 rings (SSSR count). The van der Waals surface area contributed by atoms with Crippen LogP contribution in [0, 0.1) is 0 Å². The maximum Gasteiger partial charge on any atom is 0.244 e. The normalized spacial score (nSPS) is 17.4. The summed E-state index contributed by atoms with van der Waals surface area (Å²) in [5, 5.41) is 0.959. The molecule has 0 spiro atoms. The third kappa shape index (κ3) is 3.12. The van der Waals surface area contributed by atoms with Gasteiger partial charge >= 0.3 is 0 Å². The van der Waals surface area contributed by atoms with E-state index in [1.54, 1.807) is 36.0 Å². The largest absolute Gasteiger partial charge is 0.279 e. The highest BCUT2D eigenvalue weighted by atomic mass is 35.5. The van der Waals surface area contributed by atoms with Crippen molar-refractivity contribution in [2.75, 3.05) is 5.75 Å². The highest BCUT2D eigenvalue weighted by Gasteiger charge is 2.22.